The summed E-state index contributed by atoms with van der Waals surface area (Å²) < 4.78 is 5.40. The maximum Gasteiger partial charge on any atom is 0.411 e. The minimum absolute atomic E-state index is 0.137. The van der Waals surface area contributed by atoms with Gasteiger partial charge < -0.3 is 15.2 Å². The van der Waals surface area contributed by atoms with E-state index in [4.69, 9.17) is 4.74 Å². The number of rotatable bonds is 4. The Bertz CT molecular complexity index is 577. The Morgan fingerprint density at radius 2 is 2.12 bits per heavy atom. The Labute approximate surface area is 145 Å². The molecule has 2 aliphatic heterocycles. The number of carboxylic acids is 1. The molecule has 0 aliphatic carbocycles. The first-order valence-corrected chi connectivity index (χ1v) is 9.26. The maximum atomic E-state index is 12.6. The van der Waals surface area contributed by atoms with Crippen LogP contribution in [0.2, 0.25) is 0 Å². The van der Waals surface area contributed by atoms with Gasteiger partial charge in [-0.1, -0.05) is 30.3 Å². The highest BCUT2D eigenvalue weighted by Gasteiger charge is 2.46. The normalized spacial score (nSPS) is 27.0. The van der Waals surface area contributed by atoms with Crippen LogP contribution in [-0.2, 0) is 16.1 Å². The van der Waals surface area contributed by atoms with Crippen LogP contribution in [0.4, 0.5) is 4.79 Å². The highest BCUT2D eigenvalue weighted by Crippen LogP contribution is 2.37. The van der Waals surface area contributed by atoms with Crippen molar-refractivity contribution in [3.63, 3.8) is 0 Å². The molecular weight excluding hydrogens is 328 g/mol. The Morgan fingerprint density at radius 1 is 1.33 bits per heavy atom. The van der Waals surface area contributed by atoms with Crippen molar-refractivity contribution >= 4 is 23.8 Å². The first-order valence-electron chi connectivity index (χ1n) is 8.21. The first kappa shape index (κ1) is 17.1. The van der Waals surface area contributed by atoms with Crippen LogP contribution in [0.15, 0.2) is 30.3 Å². The van der Waals surface area contributed by atoms with Crippen molar-refractivity contribution < 1.29 is 19.4 Å². The highest BCUT2D eigenvalue weighted by atomic mass is 32.2. The number of carboxylic acid groups (broad SMARTS) is 1. The van der Waals surface area contributed by atoms with Gasteiger partial charge in [0.2, 0.25) is 0 Å². The predicted molar refractivity (Wildman–Crippen MR) is 91.7 cm³/mol. The van der Waals surface area contributed by atoms with E-state index in [1.54, 1.807) is 11.8 Å². The van der Waals surface area contributed by atoms with Crippen LogP contribution in [0.3, 0.4) is 0 Å². The molecule has 7 heteroatoms. The minimum atomic E-state index is -0.967. The van der Waals surface area contributed by atoms with E-state index >= 15 is 0 Å². The van der Waals surface area contributed by atoms with E-state index in [1.165, 1.54) is 4.90 Å². The first-order chi connectivity index (χ1) is 11.7. The van der Waals surface area contributed by atoms with Gasteiger partial charge in [0.25, 0.3) is 0 Å². The number of thioether (sulfide) groups is 1. The molecule has 0 radical (unpaired) electrons. The number of piperidine rings is 1. The molecule has 1 aromatic rings. The zero-order valence-corrected chi connectivity index (χ0v) is 14.2. The van der Waals surface area contributed by atoms with Crippen LogP contribution in [0.5, 0.6) is 0 Å². The van der Waals surface area contributed by atoms with Gasteiger partial charge in [-0.3, -0.25) is 4.90 Å². The summed E-state index contributed by atoms with van der Waals surface area (Å²) in [7, 11) is 0. The fourth-order valence-corrected chi connectivity index (χ4v) is 4.81. The average Bonchev–Trinajstić information content (AvgIpc) is 3.07. The molecule has 0 saturated carbocycles. The molecule has 0 bridgehead atoms. The number of carbonyl (C=O) groups is 2. The van der Waals surface area contributed by atoms with Crippen molar-refractivity contribution in [3.8, 4) is 0 Å². The molecule has 1 aromatic carbocycles. The van der Waals surface area contributed by atoms with Gasteiger partial charge in [0.05, 0.1) is 5.37 Å². The molecule has 130 valence electrons. The van der Waals surface area contributed by atoms with E-state index in [9.17, 15) is 14.7 Å². The smallest absolute Gasteiger partial charge is 0.411 e. The van der Waals surface area contributed by atoms with E-state index < -0.39 is 18.1 Å². The zero-order chi connectivity index (χ0) is 16.9. The quantitative estimate of drug-likeness (QED) is 0.866. The number of ether oxygens (including phenoxy) is 1. The topological polar surface area (TPSA) is 78.9 Å². The van der Waals surface area contributed by atoms with Gasteiger partial charge in [0.1, 0.15) is 12.6 Å². The van der Waals surface area contributed by atoms with Crippen molar-refractivity contribution in [2.75, 3.05) is 18.8 Å². The van der Waals surface area contributed by atoms with Crippen molar-refractivity contribution in [1.29, 1.82) is 0 Å². The van der Waals surface area contributed by atoms with Gasteiger partial charge in [-0.15, -0.1) is 11.8 Å². The van der Waals surface area contributed by atoms with Gasteiger partial charge >= 0.3 is 12.1 Å². The SMILES string of the molecule is O=C(O)C1CSC(C2CCCNC2)N1C(=O)OCc1ccccc1. The maximum absolute atomic E-state index is 12.6. The summed E-state index contributed by atoms with van der Waals surface area (Å²) in [6.45, 7) is 1.95. The standard InChI is InChI=1S/C17H22N2O4S/c20-16(21)14-11-24-15(13-7-4-8-18-9-13)19(14)17(22)23-10-12-5-2-1-3-6-12/h1-3,5-6,13-15,18H,4,7-11H2,(H,20,21). The van der Waals surface area contributed by atoms with E-state index in [1.807, 2.05) is 30.3 Å². The van der Waals surface area contributed by atoms with Gasteiger partial charge in [-0.05, 0) is 24.9 Å². The van der Waals surface area contributed by atoms with E-state index in [-0.39, 0.29) is 17.9 Å². The molecule has 3 unspecified atom stereocenters. The molecule has 1 amide bonds. The molecule has 0 spiro atoms. The number of aliphatic carboxylic acids is 1. The molecule has 6 nitrogen and oxygen atoms in total. The second kappa shape index (κ2) is 7.90. The number of amides is 1. The Balaban J connectivity index is 1.69. The van der Waals surface area contributed by atoms with Crippen molar-refractivity contribution in [3.05, 3.63) is 35.9 Å². The molecule has 0 aromatic heterocycles. The number of carbonyl (C=O) groups excluding carboxylic acids is 1. The number of hydrogen-bond acceptors (Lipinski definition) is 5. The zero-order valence-electron chi connectivity index (χ0n) is 13.4. The second-order valence-electron chi connectivity index (χ2n) is 6.13. The lowest BCUT2D eigenvalue weighted by Crippen LogP contribution is -2.50. The Hall–Kier alpha value is -1.73. The Kier molecular flexibility index (Phi) is 5.63. The van der Waals surface area contributed by atoms with E-state index in [0.29, 0.717) is 5.75 Å². The molecule has 2 N–H and O–H groups in total. The average molecular weight is 350 g/mol. The van der Waals surface area contributed by atoms with Crippen molar-refractivity contribution in [1.82, 2.24) is 10.2 Å². The Morgan fingerprint density at radius 3 is 2.79 bits per heavy atom. The summed E-state index contributed by atoms with van der Waals surface area (Å²) in [5.41, 5.74) is 0.889. The van der Waals surface area contributed by atoms with Crippen LogP contribution >= 0.6 is 11.8 Å². The lowest BCUT2D eigenvalue weighted by atomic mass is 9.98. The van der Waals surface area contributed by atoms with Crippen LogP contribution < -0.4 is 5.32 Å². The molecule has 2 saturated heterocycles. The van der Waals surface area contributed by atoms with E-state index in [2.05, 4.69) is 5.32 Å². The number of benzene rings is 1. The molecule has 24 heavy (non-hydrogen) atoms. The summed E-state index contributed by atoms with van der Waals surface area (Å²) in [4.78, 5) is 25.6. The van der Waals surface area contributed by atoms with Gasteiger partial charge in [-0.25, -0.2) is 9.59 Å². The third-order valence-electron chi connectivity index (χ3n) is 4.47. The number of hydrogen-bond donors (Lipinski definition) is 2. The van der Waals surface area contributed by atoms with Crippen molar-refractivity contribution in [2.45, 2.75) is 30.9 Å². The van der Waals surface area contributed by atoms with Crippen LogP contribution in [0.25, 0.3) is 0 Å². The molecule has 3 atom stereocenters. The third kappa shape index (κ3) is 3.84. The summed E-state index contributed by atoms with van der Waals surface area (Å²) >= 11 is 1.55. The second-order valence-corrected chi connectivity index (χ2v) is 7.28. The highest BCUT2D eigenvalue weighted by molar-refractivity contribution is 8.00. The lowest BCUT2D eigenvalue weighted by Gasteiger charge is -2.34. The molecular formula is C17H22N2O4S. The fraction of sp³-hybridized carbons (Fsp3) is 0.529. The van der Waals surface area contributed by atoms with Gasteiger partial charge in [-0.2, -0.15) is 0 Å². The number of nitrogens with one attached hydrogen (secondary N) is 1. The summed E-state index contributed by atoms with van der Waals surface area (Å²) in [6.07, 6.45) is 1.51. The summed E-state index contributed by atoms with van der Waals surface area (Å²) in [5, 5.41) is 12.7. The fourth-order valence-electron chi connectivity index (χ4n) is 3.23. The van der Waals surface area contributed by atoms with Crippen molar-refractivity contribution in [2.24, 2.45) is 5.92 Å². The summed E-state index contributed by atoms with van der Waals surface area (Å²) in [6, 6.07) is 8.60. The molecule has 2 aliphatic rings. The van der Waals surface area contributed by atoms with Crippen LogP contribution in [-0.4, -0.2) is 52.3 Å². The van der Waals surface area contributed by atoms with Crippen LogP contribution in [0, 0.1) is 5.92 Å². The summed E-state index contributed by atoms with van der Waals surface area (Å²) in [5.74, 6) is -0.292. The number of nitrogens with zero attached hydrogens (tertiary/aromatic N) is 1. The third-order valence-corrected chi connectivity index (χ3v) is 5.94. The monoisotopic (exact) mass is 350 g/mol. The largest absolute Gasteiger partial charge is 0.480 e. The molecule has 2 heterocycles. The lowest BCUT2D eigenvalue weighted by molar-refractivity contribution is -0.142. The minimum Gasteiger partial charge on any atom is -0.480 e. The predicted octanol–water partition coefficient (Wildman–Crippen LogP) is 2.15. The van der Waals surface area contributed by atoms with Crippen LogP contribution in [0.1, 0.15) is 18.4 Å². The molecule has 2 fully saturated rings. The van der Waals surface area contributed by atoms with Gasteiger partial charge in [0.15, 0.2) is 0 Å². The molecule has 3 rings (SSSR count). The van der Waals surface area contributed by atoms with E-state index in [0.717, 1.165) is 31.5 Å². The van der Waals surface area contributed by atoms with Gasteiger partial charge in [0, 0.05) is 18.2 Å².